The smallest absolute Gasteiger partial charge is 0.306 e. The van der Waals surface area contributed by atoms with E-state index < -0.39 is 35.5 Å². The molecule has 0 heterocycles. The Morgan fingerprint density at radius 3 is 2.29 bits per heavy atom. The van der Waals surface area contributed by atoms with Crippen molar-refractivity contribution in [1.29, 1.82) is 0 Å². The Morgan fingerprint density at radius 2 is 1.71 bits per heavy atom. The number of Topliss-reactive ketones (excluding diaryl/α,β-unsaturated/α-hetero) is 2. The van der Waals surface area contributed by atoms with Gasteiger partial charge in [-0.2, -0.15) is 0 Å². The maximum absolute atomic E-state index is 13.2. The quantitative estimate of drug-likeness (QED) is 0.327. The average Bonchev–Trinajstić information content (AvgIpc) is 3.20. The molecule has 8 nitrogen and oxygen atoms in total. The summed E-state index contributed by atoms with van der Waals surface area (Å²) in [7, 11) is 0. The predicted octanol–water partition coefficient (Wildman–Crippen LogP) is 3.12. The van der Waals surface area contributed by atoms with Gasteiger partial charge in [0.05, 0.1) is 12.5 Å². The fourth-order valence-corrected chi connectivity index (χ4v) is 4.28. The SMILES string of the molecule is CC(C)C[C@H](CC(=O)OCc1ccccc1)C(=O)N[C@@H](CC1CCCC1=O)C(=O)C(=O)NC(C)C. The van der Waals surface area contributed by atoms with Crippen molar-refractivity contribution < 1.29 is 28.7 Å². The minimum atomic E-state index is -1.12. The van der Waals surface area contributed by atoms with Crippen LogP contribution in [0.2, 0.25) is 0 Å². The molecule has 3 atom stereocenters. The summed E-state index contributed by atoms with van der Waals surface area (Å²) in [5, 5.41) is 5.25. The summed E-state index contributed by atoms with van der Waals surface area (Å²) >= 11 is 0. The van der Waals surface area contributed by atoms with Gasteiger partial charge in [0.15, 0.2) is 0 Å². The van der Waals surface area contributed by atoms with Crippen LogP contribution in [-0.2, 0) is 35.3 Å². The molecule has 192 valence electrons. The third-order valence-corrected chi connectivity index (χ3v) is 6.01. The van der Waals surface area contributed by atoms with E-state index >= 15 is 0 Å². The van der Waals surface area contributed by atoms with Crippen molar-refractivity contribution in [2.45, 2.75) is 84.9 Å². The van der Waals surface area contributed by atoms with Gasteiger partial charge in [0, 0.05) is 24.3 Å². The van der Waals surface area contributed by atoms with Crippen molar-refractivity contribution in [3.05, 3.63) is 35.9 Å². The summed E-state index contributed by atoms with van der Waals surface area (Å²) in [5.74, 6) is -3.50. The van der Waals surface area contributed by atoms with Gasteiger partial charge in [-0.25, -0.2) is 0 Å². The zero-order chi connectivity index (χ0) is 26.0. The zero-order valence-electron chi connectivity index (χ0n) is 21.2. The highest BCUT2D eigenvalue weighted by Gasteiger charge is 2.35. The Morgan fingerprint density at radius 1 is 1.03 bits per heavy atom. The normalized spacial score (nSPS) is 17.2. The molecule has 2 rings (SSSR count). The van der Waals surface area contributed by atoms with Gasteiger partial charge in [-0.15, -0.1) is 0 Å². The number of amides is 2. The molecule has 0 aliphatic heterocycles. The van der Waals surface area contributed by atoms with Crippen LogP contribution in [0, 0.1) is 17.8 Å². The number of nitrogens with one attached hydrogen (secondary N) is 2. The molecule has 1 aromatic carbocycles. The van der Waals surface area contributed by atoms with E-state index in [1.54, 1.807) is 13.8 Å². The fraction of sp³-hybridized carbons (Fsp3) is 0.593. The molecule has 1 aromatic rings. The second-order valence-electron chi connectivity index (χ2n) is 10.0. The van der Waals surface area contributed by atoms with Gasteiger partial charge in [-0.1, -0.05) is 44.2 Å². The van der Waals surface area contributed by atoms with Crippen LogP contribution in [0.3, 0.4) is 0 Å². The minimum Gasteiger partial charge on any atom is -0.461 e. The van der Waals surface area contributed by atoms with Gasteiger partial charge in [-0.05, 0) is 51.0 Å². The minimum absolute atomic E-state index is 0.0459. The molecule has 8 heteroatoms. The van der Waals surface area contributed by atoms with Crippen LogP contribution >= 0.6 is 0 Å². The topological polar surface area (TPSA) is 119 Å². The van der Waals surface area contributed by atoms with Gasteiger partial charge in [0.25, 0.3) is 5.91 Å². The number of benzene rings is 1. The number of esters is 1. The van der Waals surface area contributed by atoms with Gasteiger partial charge >= 0.3 is 5.97 Å². The molecular formula is C27H38N2O6. The molecular weight excluding hydrogens is 448 g/mol. The van der Waals surface area contributed by atoms with Crippen molar-refractivity contribution in [3.63, 3.8) is 0 Å². The number of rotatable bonds is 13. The van der Waals surface area contributed by atoms with Crippen molar-refractivity contribution in [3.8, 4) is 0 Å². The molecule has 0 bridgehead atoms. The number of hydrogen-bond acceptors (Lipinski definition) is 6. The van der Waals surface area contributed by atoms with Crippen LogP contribution in [0.5, 0.6) is 0 Å². The van der Waals surface area contributed by atoms with E-state index in [4.69, 9.17) is 4.74 Å². The molecule has 1 unspecified atom stereocenters. The summed E-state index contributed by atoms with van der Waals surface area (Å²) in [6.45, 7) is 7.45. The lowest BCUT2D eigenvalue weighted by Crippen LogP contribution is -2.51. The third kappa shape index (κ3) is 9.62. The lowest BCUT2D eigenvalue weighted by molar-refractivity contribution is -0.148. The van der Waals surface area contributed by atoms with Gasteiger partial charge < -0.3 is 15.4 Å². The standard InChI is InChI=1S/C27H38N2O6/c1-17(2)13-21(15-24(31)35-16-19-9-6-5-7-10-19)26(33)29-22(14-20-11-8-12-23(20)30)25(32)27(34)28-18(3)4/h5-7,9-10,17-18,20-22H,8,11-16H2,1-4H3,(H,28,34)(H,29,33)/t20?,21-,22+/m1/s1. The molecule has 0 spiro atoms. The van der Waals surface area contributed by atoms with E-state index in [-0.39, 0.29) is 43.1 Å². The van der Waals surface area contributed by atoms with Crippen LogP contribution in [0.1, 0.15) is 71.8 Å². The summed E-state index contributed by atoms with van der Waals surface area (Å²) in [5.41, 5.74) is 0.841. The number of hydrogen-bond donors (Lipinski definition) is 2. The predicted molar refractivity (Wildman–Crippen MR) is 131 cm³/mol. The number of ether oxygens (including phenoxy) is 1. The first kappa shape index (κ1) is 28.2. The third-order valence-electron chi connectivity index (χ3n) is 6.01. The Balaban J connectivity index is 2.09. The second-order valence-corrected chi connectivity index (χ2v) is 10.0. The first-order valence-corrected chi connectivity index (χ1v) is 12.4. The second kappa shape index (κ2) is 13.8. The van der Waals surface area contributed by atoms with Gasteiger partial charge in [-0.3, -0.25) is 24.0 Å². The first-order valence-electron chi connectivity index (χ1n) is 12.4. The zero-order valence-corrected chi connectivity index (χ0v) is 21.2. The van der Waals surface area contributed by atoms with Crippen LogP contribution in [-0.4, -0.2) is 41.4 Å². The Bertz CT molecular complexity index is 896. The molecule has 0 saturated heterocycles. The summed E-state index contributed by atoms with van der Waals surface area (Å²) in [6.07, 6.45) is 2.17. The van der Waals surface area contributed by atoms with Gasteiger partial charge in [0.2, 0.25) is 11.7 Å². The van der Waals surface area contributed by atoms with Crippen LogP contribution in [0.25, 0.3) is 0 Å². The molecule has 0 radical (unpaired) electrons. The van der Waals surface area contributed by atoms with E-state index in [9.17, 15) is 24.0 Å². The van der Waals surface area contributed by atoms with Crippen LogP contribution < -0.4 is 10.6 Å². The Kier molecular flexibility index (Phi) is 11.1. The van der Waals surface area contributed by atoms with Crippen molar-refractivity contribution >= 4 is 29.4 Å². The molecule has 1 saturated carbocycles. The monoisotopic (exact) mass is 486 g/mol. The summed E-state index contributed by atoms with van der Waals surface area (Å²) < 4.78 is 5.35. The van der Waals surface area contributed by atoms with Crippen LogP contribution in [0.4, 0.5) is 0 Å². The highest BCUT2D eigenvalue weighted by Crippen LogP contribution is 2.26. The van der Waals surface area contributed by atoms with E-state index in [1.165, 1.54) is 0 Å². The van der Waals surface area contributed by atoms with E-state index in [0.29, 0.717) is 19.3 Å². The van der Waals surface area contributed by atoms with Crippen molar-refractivity contribution in [2.24, 2.45) is 17.8 Å². The molecule has 0 aromatic heterocycles. The van der Waals surface area contributed by atoms with E-state index in [1.807, 2.05) is 44.2 Å². The number of carbonyl (C=O) groups excluding carboxylic acids is 5. The first-order chi connectivity index (χ1) is 16.6. The Labute approximate surface area is 207 Å². The highest BCUT2D eigenvalue weighted by molar-refractivity contribution is 6.38. The van der Waals surface area contributed by atoms with Crippen LogP contribution in [0.15, 0.2) is 30.3 Å². The average molecular weight is 487 g/mol. The molecule has 1 aliphatic rings. The largest absolute Gasteiger partial charge is 0.461 e. The maximum Gasteiger partial charge on any atom is 0.306 e. The van der Waals surface area contributed by atoms with Gasteiger partial charge in [0.1, 0.15) is 12.4 Å². The molecule has 1 fully saturated rings. The lowest BCUT2D eigenvalue weighted by atomic mass is 9.91. The molecule has 35 heavy (non-hydrogen) atoms. The fourth-order valence-electron chi connectivity index (χ4n) is 4.28. The number of carbonyl (C=O) groups is 5. The molecule has 2 amide bonds. The molecule has 2 N–H and O–H groups in total. The Hall–Kier alpha value is -3.03. The van der Waals surface area contributed by atoms with Crippen molar-refractivity contribution in [1.82, 2.24) is 10.6 Å². The van der Waals surface area contributed by atoms with E-state index in [0.717, 1.165) is 12.0 Å². The summed E-state index contributed by atoms with van der Waals surface area (Å²) in [4.78, 5) is 63.2. The highest BCUT2D eigenvalue weighted by atomic mass is 16.5. The maximum atomic E-state index is 13.2. The van der Waals surface area contributed by atoms with E-state index in [2.05, 4.69) is 10.6 Å². The molecule has 1 aliphatic carbocycles. The van der Waals surface area contributed by atoms with Crippen molar-refractivity contribution in [2.75, 3.05) is 0 Å². The lowest BCUT2D eigenvalue weighted by Gasteiger charge is -2.24. The summed E-state index contributed by atoms with van der Waals surface area (Å²) in [6, 6.07) is 7.88. The number of ketones is 2.